The molecule has 0 aliphatic heterocycles. The number of halogens is 1. The van der Waals surface area contributed by atoms with Crippen LogP contribution in [0.4, 0.5) is 0 Å². The van der Waals surface area contributed by atoms with Crippen molar-refractivity contribution in [1.82, 2.24) is 10.3 Å². The van der Waals surface area contributed by atoms with Crippen molar-refractivity contribution in [2.45, 2.75) is 19.6 Å². The van der Waals surface area contributed by atoms with Crippen molar-refractivity contribution in [2.24, 2.45) is 0 Å². The molecule has 1 N–H and O–H groups in total. The lowest BCUT2D eigenvalue weighted by atomic mass is 10.1. The van der Waals surface area contributed by atoms with Gasteiger partial charge in [0.2, 0.25) is 5.78 Å². The summed E-state index contributed by atoms with van der Waals surface area (Å²) in [5, 5.41) is 2.70. The molecule has 196 valence electrons. The fraction of sp³-hybridized carbons (Fsp3) is 0.296. The van der Waals surface area contributed by atoms with E-state index in [0.717, 1.165) is 11.3 Å². The summed E-state index contributed by atoms with van der Waals surface area (Å²) in [6.45, 7) is 2.71. The normalized spacial score (nSPS) is 11.4. The molecule has 0 aliphatic carbocycles. The average Bonchev–Trinajstić information content (AvgIpc) is 2.92. The third-order valence-electron chi connectivity index (χ3n) is 5.37. The quantitative estimate of drug-likeness (QED) is 0.182. The second-order valence-electron chi connectivity index (χ2n) is 7.86. The number of ether oxygens (including phenoxy) is 5. The second-order valence-corrected chi connectivity index (χ2v) is 8.61. The Balaban J connectivity index is 1.52. The average molecular weight is 573 g/mol. The number of nitrogens with zero attached hydrogens (tertiary/aromatic N) is 1. The fourth-order valence-electron chi connectivity index (χ4n) is 3.33. The molecule has 0 bridgehead atoms. The number of aromatic nitrogens is 1. The smallest absolute Gasteiger partial charge is 0.252 e. The molecule has 1 amide bonds. The lowest BCUT2D eigenvalue weighted by Gasteiger charge is -2.15. The van der Waals surface area contributed by atoms with Gasteiger partial charge in [-0.25, -0.2) is 4.98 Å². The van der Waals surface area contributed by atoms with E-state index < -0.39 is 11.9 Å². The highest BCUT2D eigenvalue weighted by Gasteiger charge is 2.21. The van der Waals surface area contributed by atoms with Crippen LogP contribution in [0.25, 0.3) is 0 Å². The number of rotatable bonds is 13. The molecular weight excluding hydrogens is 544 g/mol. The van der Waals surface area contributed by atoms with Crippen LogP contribution in [0.2, 0.25) is 0 Å². The highest BCUT2D eigenvalue weighted by atomic mass is 79.9. The Bertz CT molecular complexity index is 1220. The molecule has 0 spiro atoms. The van der Waals surface area contributed by atoms with Gasteiger partial charge in [-0.05, 0) is 70.9 Å². The predicted octanol–water partition coefficient (Wildman–Crippen LogP) is 4.47. The number of Topliss-reactive ketones (excluding diaryl/α,β-unsaturated/α-hetero) is 1. The number of amides is 1. The fourth-order valence-corrected chi connectivity index (χ4v) is 3.81. The minimum atomic E-state index is -0.801. The molecule has 0 saturated heterocycles. The van der Waals surface area contributed by atoms with E-state index in [9.17, 15) is 9.59 Å². The summed E-state index contributed by atoms with van der Waals surface area (Å²) in [4.78, 5) is 29.7. The van der Waals surface area contributed by atoms with Gasteiger partial charge in [-0.2, -0.15) is 0 Å². The van der Waals surface area contributed by atoms with E-state index in [2.05, 4.69) is 26.2 Å². The molecule has 37 heavy (non-hydrogen) atoms. The van der Waals surface area contributed by atoms with E-state index in [-0.39, 0.29) is 11.5 Å². The number of nitrogens with one attached hydrogen (secondary N) is 1. The standard InChI is InChI=1S/C27H29BrN2O7/c1-17(25(31)21-10-12-23(34-3)26(28)30-21)29-27(32)19-7-11-22(24(15-19)35-4)37-14-13-36-16-18-5-8-20(33-2)9-6-18/h5-12,15,17H,13-14,16H2,1-4H3,(H,29,32). The number of ketones is 1. The van der Waals surface area contributed by atoms with Gasteiger partial charge in [0.05, 0.1) is 40.6 Å². The Morgan fingerprint density at radius 1 is 0.892 bits per heavy atom. The first-order valence-corrected chi connectivity index (χ1v) is 12.2. The molecule has 0 aliphatic rings. The zero-order valence-corrected chi connectivity index (χ0v) is 22.7. The molecule has 3 rings (SSSR count). The number of hydrogen-bond donors (Lipinski definition) is 1. The van der Waals surface area contributed by atoms with Crippen molar-refractivity contribution < 1.29 is 33.3 Å². The Morgan fingerprint density at radius 2 is 1.59 bits per heavy atom. The van der Waals surface area contributed by atoms with E-state index in [4.69, 9.17) is 23.7 Å². The molecule has 10 heteroatoms. The molecule has 1 aromatic heterocycles. The Labute approximate surface area is 224 Å². The zero-order valence-electron chi connectivity index (χ0n) is 21.1. The number of carbonyl (C=O) groups excluding carboxylic acids is 2. The molecule has 1 atom stereocenters. The van der Waals surface area contributed by atoms with Crippen LogP contribution in [-0.4, -0.2) is 57.3 Å². The number of hydrogen-bond acceptors (Lipinski definition) is 8. The molecule has 3 aromatic rings. The van der Waals surface area contributed by atoms with E-state index in [0.29, 0.717) is 47.2 Å². The van der Waals surface area contributed by atoms with Gasteiger partial charge in [0.15, 0.2) is 17.2 Å². The maximum absolute atomic E-state index is 12.8. The van der Waals surface area contributed by atoms with Crippen LogP contribution in [0.15, 0.2) is 59.2 Å². The summed E-state index contributed by atoms with van der Waals surface area (Å²) in [5.74, 6) is 1.40. The van der Waals surface area contributed by atoms with Crippen molar-refractivity contribution in [3.8, 4) is 23.0 Å². The first-order valence-electron chi connectivity index (χ1n) is 11.4. The summed E-state index contributed by atoms with van der Waals surface area (Å²) in [6, 6.07) is 14.8. The number of methoxy groups -OCH3 is 3. The summed E-state index contributed by atoms with van der Waals surface area (Å²) in [6.07, 6.45) is 0. The van der Waals surface area contributed by atoms with Crippen molar-refractivity contribution in [1.29, 1.82) is 0 Å². The summed E-state index contributed by atoms with van der Waals surface area (Å²) >= 11 is 3.26. The van der Waals surface area contributed by atoms with Crippen LogP contribution in [0.1, 0.15) is 33.3 Å². The number of carbonyl (C=O) groups is 2. The van der Waals surface area contributed by atoms with Crippen LogP contribution in [0, 0.1) is 0 Å². The molecule has 1 heterocycles. The van der Waals surface area contributed by atoms with Crippen molar-refractivity contribution in [3.05, 3.63) is 76.0 Å². The zero-order chi connectivity index (χ0) is 26.8. The largest absolute Gasteiger partial charge is 0.497 e. The molecule has 0 radical (unpaired) electrons. The molecule has 1 unspecified atom stereocenters. The first kappa shape index (κ1) is 27.9. The Hall–Kier alpha value is -3.63. The summed E-state index contributed by atoms with van der Waals surface area (Å²) in [5.41, 5.74) is 1.55. The van der Waals surface area contributed by atoms with Gasteiger partial charge in [0, 0.05) is 5.56 Å². The maximum atomic E-state index is 12.8. The first-order chi connectivity index (χ1) is 17.9. The molecule has 0 fully saturated rings. The molecule has 0 saturated carbocycles. The van der Waals surface area contributed by atoms with E-state index in [1.54, 1.807) is 44.4 Å². The van der Waals surface area contributed by atoms with Gasteiger partial charge in [-0.1, -0.05) is 12.1 Å². The lowest BCUT2D eigenvalue weighted by Crippen LogP contribution is -2.38. The van der Waals surface area contributed by atoms with Gasteiger partial charge < -0.3 is 29.0 Å². The van der Waals surface area contributed by atoms with E-state index in [1.165, 1.54) is 14.2 Å². The Kier molecular flexibility index (Phi) is 10.3. The molecular formula is C27H29BrN2O7. The number of pyridine rings is 1. The van der Waals surface area contributed by atoms with E-state index in [1.807, 2.05) is 24.3 Å². The third kappa shape index (κ3) is 7.68. The third-order valence-corrected chi connectivity index (χ3v) is 5.93. The van der Waals surface area contributed by atoms with Crippen molar-refractivity contribution >= 4 is 27.6 Å². The lowest BCUT2D eigenvalue weighted by molar-refractivity contribution is 0.0861. The van der Waals surface area contributed by atoms with Gasteiger partial charge >= 0.3 is 0 Å². The SMILES string of the molecule is COc1ccc(COCCOc2ccc(C(=O)NC(C)C(=O)c3ccc(OC)c(Br)n3)cc2OC)cc1. The molecule has 2 aromatic carbocycles. The number of benzene rings is 2. The van der Waals surface area contributed by atoms with Gasteiger partial charge in [-0.3, -0.25) is 9.59 Å². The maximum Gasteiger partial charge on any atom is 0.252 e. The van der Waals surface area contributed by atoms with Crippen LogP contribution >= 0.6 is 15.9 Å². The summed E-state index contributed by atoms with van der Waals surface area (Å²) < 4.78 is 27.5. The van der Waals surface area contributed by atoms with Crippen LogP contribution in [0.5, 0.6) is 23.0 Å². The van der Waals surface area contributed by atoms with Crippen molar-refractivity contribution in [2.75, 3.05) is 34.5 Å². The van der Waals surface area contributed by atoms with Crippen LogP contribution in [-0.2, 0) is 11.3 Å². The highest BCUT2D eigenvalue weighted by Crippen LogP contribution is 2.28. The minimum absolute atomic E-state index is 0.205. The van der Waals surface area contributed by atoms with Crippen LogP contribution < -0.4 is 24.3 Å². The van der Waals surface area contributed by atoms with Gasteiger partial charge in [0.25, 0.3) is 5.91 Å². The monoisotopic (exact) mass is 572 g/mol. The topological polar surface area (TPSA) is 105 Å². The van der Waals surface area contributed by atoms with Crippen LogP contribution in [0.3, 0.4) is 0 Å². The summed E-state index contributed by atoms with van der Waals surface area (Å²) in [7, 11) is 4.62. The molecule has 9 nitrogen and oxygen atoms in total. The van der Waals surface area contributed by atoms with E-state index >= 15 is 0 Å². The Morgan fingerprint density at radius 3 is 2.24 bits per heavy atom. The van der Waals surface area contributed by atoms with Gasteiger partial charge in [-0.15, -0.1) is 0 Å². The second kappa shape index (κ2) is 13.6. The highest BCUT2D eigenvalue weighted by molar-refractivity contribution is 9.10. The predicted molar refractivity (Wildman–Crippen MR) is 141 cm³/mol. The van der Waals surface area contributed by atoms with Gasteiger partial charge in [0.1, 0.15) is 22.7 Å². The van der Waals surface area contributed by atoms with Crippen molar-refractivity contribution in [3.63, 3.8) is 0 Å². The minimum Gasteiger partial charge on any atom is -0.497 e.